The zero-order chi connectivity index (χ0) is 13.8. The number of amides is 1. The van der Waals surface area contributed by atoms with E-state index >= 15 is 0 Å². The lowest BCUT2D eigenvalue weighted by Crippen LogP contribution is -2.32. The van der Waals surface area contributed by atoms with Gasteiger partial charge in [0, 0.05) is 31.0 Å². The van der Waals surface area contributed by atoms with Gasteiger partial charge in [-0.1, -0.05) is 13.8 Å². The van der Waals surface area contributed by atoms with Crippen LogP contribution in [-0.2, 0) is 5.54 Å². The molecule has 0 aliphatic rings. The molecule has 18 heavy (non-hydrogen) atoms. The van der Waals surface area contributed by atoms with Crippen LogP contribution in [0, 0.1) is 0 Å². The highest BCUT2D eigenvalue weighted by molar-refractivity contribution is 5.94. The van der Waals surface area contributed by atoms with Crippen molar-refractivity contribution in [3.8, 4) is 0 Å². The second-order valence-electron chi connectivity index (χ2n) is 5.77. The summed E-state index contributed by atoms with van der Waals surface area (Å²) in [7, 11) is 0. The monoisotopic (exact) mass is 250 g/mol. The van der Waals surface area contributed by atoms with Gasteiger partial charge in [-0.25, -0.2) is 0 Å². The zero-order valence-electron chi connectivity index (χ0n) is 12.4. The smallest absolute Gasteiger partial charge is 0.255 e. The van der Waals surface area contributed by atoms with Gasteiger partial charge in [-0.05, 0) is 39.7 Å². The minimum absolute atomic E-state index is 0.0267. The first kappa shape index (κ1) is 14.8. The predicted molar refractivity (Wildman–Crippen MR) is 75.9 cm³/mol. The van der Waals surface area contributed by atoms with Crippen molar-refractivity contribution in [2.75, 3.05) is 13.1 Å². The van der Waals surface area contributed by atoms with Crippen LogP contribution in [0.2, 0.25) is 0 Å². The van der Waals surface area contributed by atoms with Crippen molar-refractivity contribution in [1.29, 1.82) is 0 Å². The molecule has 0 spiro atoms. The molecule has 1 amide bonds. The SMILES string of the molecule is CCCN(CCC)C(=O)c1ccn(C(C)(C)C)c1. The van der Waals surface area contributed by atoms with Crippen molar-refractivity contribution in [3.05, 3.63) is 24.0 Å². The van der Waals surface area contributed by atoms with Crippen LogP contribution in [0.5, 0.6) is 0 Å². The van der Waals surface area contributed by atoms with Gasteiger partial charge in [0.1, 0.15) is 0 Å². The van der Waals surface area contributed by atoms with E-state index in [1.165, 1.54) is 0 Å². The van der Waals surface area contributed by atoms with E-state index in [1.807, 2.05) is 23.4 Å². The second kappa shape index (κ2) is 6.07. The third kappa shape index (κ3) is 3.62. The summed E-state index contributed by atoms with van der Waals surface area (Å²) in [6, 6.07) is 1.92. The van der Waals surface area contributed by atoms with Gasteiger partial charge < -0.3 is 9.47 Å². The highest BCUT2D eigenvalue weighted by Crippen LogP contribution is 2.16. The Kier molecular flexibility index (Phi) is 5.00. The molecule has 0 atom stereocenters. The lowest BCUT2D eigenvalue weighted by molar-refractivity contribution is 0.0755. The average molecular weight is 250 g/mol. The Labute approximate surface area is 111 Å². The number of hydrogen-bond donors (Lipinski definition) is 0. The molecule has 1 rings (SSSR count). The molecule has 3 nitrogen and oxygen atoms in total. The molecule has 0 aromatic carbocycles. The zero-order valence-corrected chi connectivity index (χ0v) is 12.4. The molecule has 0 saturated heterocycles. The van der Waals surface area contributed by atoms with Crippen molar-refractivity contribution < 1.29 is 4.79 Å². The first-order chi connectivity index (χ1) is 8.40. The van der Waals surface area contributed by atoms with E-state index in [1.54, 1.807) is 0 Å². The Balaban J connectivity index is 2.85. The van der Waals surface area contributed by atoms with E-state index in [9.17, 15) is 4.79 Å². The largest absolute Gasteiger partial charge is 0.348 e. The fourth-order valence-corrected chi connectivity index (χ4v) is 1.98. The second-order valence-corrected chi connectivity index (χ2v) is 5.77. The van der Waals surface area contributed by atoms with E-state index in [-0.39, 0.29) is 11.4 Å². The van der Waals surface area contributed by atoms with Crippen LogP contribution in [-0.4, -0.2) is 28.5 Å². The highest BCUT2D eigenvalue weighted by atomic mass is 16.2. The van der Waals surface area contributed by atoms with E-state index in [4.69, 9.17) is 0 Å². The van der Waals surface area contributed by atoms with E-state index in [0.29, 0.717) is 0 Å². The number of carbonyl (C=O) groups is 1. The van der Waals surface area contributed by atoms with Gasteiger partial charge in [-0.3, -0.25) is 4.79 Å². The number of rotatable bonds is 5. The lowest BCUT2D eigenvalue weighted by atomic mass is 10.1. The normalized spacial score (nSPS) is 11.6. The first-order valence-electron chi connectivity index (χ1n) is 6.88. The molecule has 0 saturated carbocycles. The maximum absolute atomic E-state index is 12.4. The minimum atomic E-state index is 0.0267. The molecule has 1 aromatic heterocycles. The molecule has 0 bridgehead atoms. The van der Waals surface area contributed by atoms with Crippen molar-refractivity contribution in [1.82, 2.24) is 9.47 Å². The summed E-state index contributed by atoms with van der Waals surface area (Å²) in [5.41, 5.74) is 0.825. The molecule has 0 radical (unpaired) electrons. The van der Waals surface area contributed by atoms with Crippen molar-refractivity contribution >= 4 is 5.91 Å². The molecule has 0 N–H and O–H groups in total. The van der Waals surface area contributed by atoms with Gasteiger partial charge in [-0.2, -0.15) is 0 Å². The number of carbonyl (C=O) groups excluding carboxylic acids is 1. The summed E-state index contributed by atoms with van der Waals surface area (Å²) in [5.74, 6) is 0.154. The summed E-state index contributed by atoms with van der Waals surface area (Å²) < 4.78 is 2.09. The van der Waals surface area contributed by atoms with Gasteiger partial charge in [0.15, 0.2) is 0 Å². The van der Waals surface area contributed by atoms with Gasteiger partial charge >= 0.3 is 0 Å². The number of aromatic nitrogens is 1. The van der Waals surface area contributed by atoms with Gasteiger partial charge in [0.2, 0.25) is 0 Å². The van der Waals surface area contributed by atoms with Crippen LogP contribution >= 0.6 is 0 Å². The average Bonchev–Trinajstić information content (AvgIpc) is 2.76. The fraction of sp³-hybridized carbons (Fsp3) is 0.667. The van der Waals surface area contributed by atoms with Crippen molar-refractivity contribution in [3.63, 3.8) is 0 Å². The van der Waals surface area contributed by atoms with Crippen LogP contribution in [0.1, 0.15) is 57.8 Å². The van der Waals surface area contributed by atoms with Crippen molar-refractivity contribution in [2.45, 2.75) is 53.0 Å². The van der Waals surface area contributed by atoms with Crippen LogP contribution < -0.4 is 0 Å². The topological polar surface area (TPSA) is 25.2 Å². The summed E-state index contributed by atoms with van der Waals surface area (Å²) in [5, 5.41) is 0. The lowest BCUT2D eigenvalue weighted by Gasteiger charge is -2.22. The fourth-order valence-electron chi connectivity index (χ4n) is 1.98. The van der Waals surface area contributed by atoms with E-state index < -0.39 is 0 Å². The predicted octanol–water partition coefficient (Wildman–Crippen LogP) is 3.51. The van der Waals surface area contributed by atoms with Gasteiger partial charge in [-0.15, -0.1) is 0 Å². The summed E-state index contributed by atoms with van der Waals surface area (Å²) in [6.07, 6.45) is 5.96. The maximum atomic E-state index is 12.4. The summed E-state index contributed by atoms with van der Waals surface area (Å²) >= 11 is 0. The quantitative estimate of drug-likeness (QED) is 0.785. The molecule has 0 aliphatic heterocycles. The first-order valence-corrected chi connectivity index (χ1v) is 6.88. The van der Waals surface area contributed by atoms with Crippen LogP contribution in [0.3, 0.4) is 0 Å². The summed E-state index contributed by atoms with van der Waals surface area (Å²) in [4.78, 5) is 14.3. The van der Waals surface area contributed by atoms with E-state index in [2.05, 4.69) is 39.2 Å². The highest BCUT2D eigenvalue weighted by Gasteiger charge is 2.18. The van der Waals surface area contributed by atoms with Crippen LogP contribution in [0.15, 0.2) is 18.5 Å². The maximum Gasteiger partial charge on any atom is 0.255 e. The van der Waals surface area contributed by atoms with Crippen LogP contribution in [0.4, 0.5) is 0 Å². The molecule has 0 unspecified atom stereocenters. The number of hydrogen-bond acceptors (Lipinski definition) is 1. The molecular formula is C15H26N2O. The van der Waals surface area contributed by atoms with Gasteiger partial charge in [0.05, 0.1) is 5.56 Å². The molecule has 3 heteroatoms. The molecule has 0 fully saturated rings. The van der Waals surface area contributed by atoms with Crippen molar-refractivity contribution in [2.24, 2.45) is 0 Å². The Morgan fingerprint density at radius 1 is 1.22 bits per heavy atom. The molecule has 1 aromatic rings. The minimum Gasteiger partial charge on any atom is -0.348 e. The Hall–Kier alpha value is -1.25. The standard InChI is InChI=1S/C15H26N2O/c1-6-9-16(10-7-2)14(18)13-8-11-17(12-13)15(3,4)5/h8,11-12H,6-7,9-10H2,1-5H3. The molecule has 0 aliphatic carbocycles. The summed E-state index contributed by atoms with van der Waals surface area (Å²) in [6.45, 7) is 12.3. The Morgan fingerprint density at radius 2 is 1.78 bits per heavy atom. The molecule has 1 heterocycles. The van der Waals surface area contributed by atoms with Crippen LogP contribution in [0.25, 0.3) is 0 Å². The third-order valence-electron chi connectivity index (χ3n) is 2.99. The Bertz CT molecular complexity index is 381. The van der Waals surface area contributed by atoms with Gasteiger partial charge in [0.25, 0.3) is 5.91 Å². The molecule has 102 valence electrons. The van der Waals surface area contributed by atoms with E-state index in [0.717, 1.165) is 31.5 Å². The third-order valence-corrected chi connectivity index (χ3v) is 2.99. The molecular weight excluding hydrogens is 224 g/mol. The number of nitrogens with zero attached hydrogens (tertiary/aromatic N) is 2. The Morgan fingerprint density at radius 3 is 2.17 bits per heavy atom.